The first-order valence-electron chi connectivity index (χ1n) is 6.36. The van der Waals surface area contributed by atoms with Gasteiger partial charge in [0.05, 0.1) is 10.6 Å². The maximum atomic E-state index is 10.8. The van der Waals surface area contributed by atoms with Crippen molar-refractivity contribution in [3.8, 4) is 0 Å². The average molecular weight is 285 g/mol. The Kier molecular flexibility index (Phi) is 4.61. The summed E-state index contributed by atoms with van der Waals surface area (Å²) in [7, 11) is 0. The van der Waals surface area contributed by atoms with Crippen molar-refractivity contribution >= 4 is 23.4 Å². The summed E-state index contributed by atoms with van der Waals surface area (Å²) in [5.41, 5.74) is 0.0951. The van der Waals surface area contributed by atoms with Crippen molar-refractivity contribution in [2.24, 2.45) is 5.92 Å². The Hall–Kier alpha value is -1.33. The number of anilines is 1. The molecule has 0 amide bonds. The Morgan fingerprint density at radius 2 is 2.37 bits per heavy atom. The Labute approximate surface area is 116 Å². The maximum absolute atomic E-state index is 10.8. The monoisotopic (exact) mass is 284 g/mol. The molecule has 1 unspecified atom stereocenters. The summed E-state index contributed by atoms with van der Waals surface area (Å²) in [6, 6.07) is 1.43. The van der Waals surface area contributed by atoms with Crippen molar-refractivity contribution < 1.29 is 15.0 Å². The highest BCUT2D eigenvalue weighted by Gasteiger charge is 2.22. The molecular weight excluding hydrogens is 268 g/mol. The van der Waals surface area contributed by atoms with Gasteiger partial charge in [-0.05, 0) is 31.2 Å². The van der Waals surface area contributed by atoms with Crippen molar-refractivity contribution in [1.82, 2.24) is 4.98 Å². The molecule has 0 aromatic carbocycles. The first-order chi connectivity index (χ1) is 9.11. The first kappa shape index (κ1) is 14.1. The van der Waals surface area contributed by atoms with E-state index in [0.717, 1.165) is 32.4 Å². The highest BCUT2D eigenvalue weighted by molar-refractivity contribution is 6.33. The van der Waals surface area contributed by atoms with E-state index >= 15 is 0 Å². The van der Waals surface area contributed by atoms with Gasteiger partial charge in [0, 0.05) is 25.9 Å². The summed E-state index contributed by atoms with van der Waals surface area (Å²) in [6.07, 6.45) is 4.24. The zero-order valence-electron chi connectivity index (χ0n) is 10.5. The molecule has 0 saturated carbocycles. The number of hydrogen-bond acceptors (Lipinski definition) is 4. The van der Waals surface area contributed by atoms with Crippen LogP contribution in [0.5, 0.6) is 0 Å². The highest BCUT2D eigenvalue weighted by Crippen LogP contribution is 2.29. The number of aliphatic hydroxyl groups is 1. The Morgan fingerprint density at radius 3 is 3.00 bits per heavy atom. The largest absolute Gasteiger partial charge is 0.478 e. The van der Waals surface area contributed by atoms with E-state index in [1.807, 2.05) is 0 Å². The van der Waals surface area contributed by atoms with Crippen LogP contribution in [-0.4, -0.2) is 40.9 Å². The summed E-state index contributed by atoms with van der Waals surface area (Å²) >= 11 is 6.11. The van der Waals surface area contributed by atoms with E-state index in [1.165, 1.54) is 12.3 Å². The molecule has 1 saturated heterocycles. The predicted molar refractivity (Wildman–Crippen MR) is 72.8 cm³/mol. The van der Waals surface area contributed by atoms with Crippen molar-refractivity contribution in [2.45, 2.75) is 19.3 Å². The van der Waals surface area contributed by atoms with Crippen LogP contribution in [0.1, 0.15) is 29.6 Å². The van der Waals surface area contributed by atoms with Crippen LogP contribution in [0.4, 0.5) is 5.82 Å². The smallest absolute Gasteiger partial charge is 0.337 e. The van der Waals surface area contributed by atoms with Crippen molar-refractivity contribution in [3.05, 3.63) is 22.8 Å². The van der Waals surface area contributed by atoms with Gasteiger partial charge in [-0.15, -0.1) is 0 Å². The second-order valence-electron chi connectivity index (χ2n) is 4.80. The van der Waals surface area contributed by atoms with Gasteiger partial charge in [-0.1, -0.05) is 11.6 Å². The molecule has 0 aliphatic carbocycles. The van der Waals surface area contributed by atoms with Crippen LogP contribution in [0.2, 0.25) is 5.02 Å². The minimum absolute atomic E-state index is 0.0951. The fourth-order valence-corrected chi connectivity index (χ4v) is 2.74. The number of halogens is 1. The van der Waals surface area contributed by atoms with Gasteiger partial charge in [0.2, 0.25) is 0 Å². The molecule has 6 heteroatoms. The number of rotatable bonds is 4. The van der Waals surface area contributed by atoms with E-state index in [2.05, 4.69) is 9.88 Å². The molecule has 1 atom stereocenters. The quantitative estimate of drug-likeness (QED) is 0.885. The van der Waals surface area contributed by atoms with E-state index < -0.39 is 5.97 Å². The van der Waals surface area contributed by atoms with Gasteiger partial charge in [0.1, 0.15) is 5.82 Å². The third-order valence-corrected chi connectivity index (χ3v) is 3.70. The van der Waals surface area contributed by atoms with Crippen molar-refractivity contribution in [1.29, 1.82) is 0 Å². The topological polar surface area (TPSA) is 73.7 Å². The number of carboxylic acids is 1. The lowest BCUT2D eigenvalue weighted by Gasteiger charge is -2.33. The minimum atomic E-state index is -1.03. The number of aromatic carboxylic acids is 1. The zero-order valence-corrected chi connectivity index (χ0v) is 11.3. The van der Waals surface area contributed by atoms with Crippen molar-refractivity contribution in [2.75, 3.05) is 24.6 Å². The van der Waals surface area contributed by atoms with E-state index in [1.54, 1.807) is 0 Å². The van der Waals surface area contributed by atoms with Gasteiger partial charge in [0.15, 0.2) is 0 Å². The standard InChI is InChI=1S/C13H17ClN2O3/c14-11-6-10(13(18)19)7-15-12(11)16-4-1-2-9(8-16)3-5-17/h6-7,9,17H,1-5,8H2,(H,18,19). The molecule has 0 radical (unpaired) electrons. The van der Waals surface area contributed by atoms with Crippen LogP contribution in [0, 0.1) is 5.92 Å². The second-order valence-corrected chi connectivity index (χ2v) is 5.21. The Bertz CT molecular complexity index is 465. The van der Waals surface area contributed by atoms with Crippen LogP contribution in [0.15, 0.2) is 12.3 Å². The molecule has 2 heterocycles. The fraction of sp³-hybridized carbons (Fsp3) is 0.538. The number of pyridine rings is 1. The molecule has 0 bridgehead atoms. The summed E-state index contributed by atoms with van der Waals surface area (Å²) < 4.78 is 0. The predicted octanol–water partition coefficient (Wildman–Crippen LogP) is 2.03. The lowest BCUT2D eigenvalue weighted by molar-refractivity contribution is 0.0696. The van der Waals surface area contributed by atoms with Gasteiger partial charge >= 0.3 is 5.97 Å². The van der Waals surface area contributed by atoms with E-state index in [0.29, 0.717) is 16.8 Å². The number of aromatic nitrogens is 1. The van der Waals surface area contributed by atoms with Gasteiger partial charge in [0.25, 0.3) is 0 Å². The molecule has 1 aromatic rings. The van der Waals surface area contributed by atoms with Crippen LogP contribution in [-0.2, 0) is 0 Å². The SMILES string of the molecule is O=C(O)c1cnc(N2CCCC(CCO)C2)c(Cl)c1. The number of aliphatic hydroxyl groups excluding tert-OH is 1. The van der Waals surface area contributed by atoms with Gasteiger partial charge in [-0.3, -0.25) is 0 Å². The minimum Gasteiger partial charge on any atom is -0.478 e. The maximum Gasteiger partial charge on any atom is 0.337 e. The number of hydrogen-bond donors (Lipinski definition) is 2. The molecule has 1 aliphatic rings. The average Bonchev–Trinajstić information content (AvgIpc) is 2.39. The van der Waals surface area contributed by atoms with Gasteiger partial charge in [-0.25, -0.2) is 9.78 Å². The van der Waals surface area contributed by atoms with Crippen LogP contribution in [0.3, 0.4) is 0 Å². The van der Waals surface area contributed by atoms with E-state index in [4.69, 9.17) is 21.8 Å². The number of carbonyl (C=O) groups is 1. The second kappa shape index (κ2) is 6.21. The third kappa shape index (κ3) is 3.36. The Morgan fingerprint density at radius 1 is 1.58 bits per heavy atom. The van der Waals surface area contributed by atoms with Crippen LogP contribution < -0.4 is 4.90 Å². The van der Waals surface area contributed by atoms with Crippen LogP contribution >= 0.6 is 11.6 Å². The highest BCUT2D eigenvalue weighted by atomic mass is 35.5. The Balaban J connectivity index is 2.15. The summed E-state index contributed by atoms with van der Waals surface area (Å²) in [5.74, 6) is 0.0443. The zero-order chi connectivity index (χ0) is 13.8. The molecule has 19 heavy (non-hydrogen) atoms. The molecule has 2 rings (SSSR count). The van der Waals surface area contributed by atoms with Crippen molar-refractivity contribution in [3.63, 3.8) is 0 Å². The van der Waals surface area contributed by atoms with Gasteiger partial charge < -0.3 is 15.1 Å². The lowest BCUT2D eigenvalue weighted by Crippen LogP contribution is -2.36. The number of nitrogens with zero attached hydrogens (tertiary/aromatic N) is 2. The molecule has 1 aromatic heterocycles. The number of carboxylic acid groups (broad SMARTS) is 1. The molecule has 1 fully saturated rings. The summed E-state index contributed by atoms with van der Waals surface area (Å²) in [5, 5.41) is 18.2. The lowest BCUT2D eigenvalue weighted by atomic mass is 9.95. The normalized spacial score (nSPS) is 19.5. The van der Waals surface area contributed by atoms with Gasteiger partial charge in [-0.2, -0.15) is 0 Å². The fourth-order valence-electron chi connectivity index (χ4n) is 2.46. The molecule has 104 valence electrons. The third-order valence-electron chi connectivity index (χ3n) is 3.42. The molecule has 2 N–H and O–H groups in total. The molecule has 1 aliphatic heterocycles. The first-order valence-corrected chi connectivity index (χ1v) is 6.74. The van der Waals surface area contributed by atoms with E-state index in [9.17, 15) is 4.79 Å². The number of piperidine rings is 1. The van der Waals surface area contributed by atoms with Crippen LogP contribution in [0.25, 0.3) is 0 Å². The molecular formula is C13H17ClN2O3. The van der Waals surface area contributed by atoms with E-state index in [-0.39, 0.29) is 12.2 Å². The molecule has 0 spiro atoms. The summed E-state index contributed by atoms with van der Waals surface area (Å²) in [6.45, 7) is 1.86. The summed E-state index contributed by atoms with van der Waals surface area (Å²) in [4.78, 5) is 17.1. The molecule has 5 nitrogen and oxygen atoms in total.